The molecule has 3 aromatic rings. The molecule has 1 aromatic carbocycles. The summed E-state index contributed by atoms with van der Waals surface area (Å²) in [5, 5.41) is 7.35. The lowest BCUT2D eigenvalue weighted by Crippen LogP contribution is -2.23. The van der Waals surface area contributed by atoms with E-state index in [4.69, 9.17) is 4.74 Å². The van der Waals surface area contributed by atoms with Gasteiger partial charge in [0.15, 0.2) is 0 Å². The number of halogens is 1. The normalized spacial score (nSPS) is 12.7. The van der Waals surface area contributed by atoms with E-state index in [0.29, 0.717) is 30.1 Å². The average Bonchev–Trinajstić information content (AvgIpc) is 3.23. The van der Waals surface area contributed by atoms with Crippen LogP contribution in [0.5, 0.6) is 5.75 Å². The van der Waals surface area contributed by atoms with Crippen molar-refractivity contribution in [3.8, 4) is 16.9 Å². The van der Waals surface area contributed by atoms with Gasteiger partial charge in [0.05, 0.1) is 17.9 Å². The van der Waals surface area contributed by atoms with Gasteiger partial charge in [-0.1, -0.05) is 0 Å². The van der Waals surface area contributed by atoms with Gasteiger partial charge in [0.25, 0.3) is 5.56 Å². The van der Waals surface area contributed by atoms with E-state index in [2.05, 4.69) is 15.4 Å². The molecule has 0 radical (unpaired) electrons. The van der Waals surface area contributed by atoms with Crippen LogP contribution in [0.1, 0.15) is 16.8 Å². The molecule has 0 saturated heterocycles. The number of aromatic nitrogens is 4. The van der Waals surface area contributed by atoms with E-state index in [1.165, 1.54) is 16.8 Å². The summed E-state index contributed by atoms with van der Waals surface area (Å²) in [7, 11) is 3.45. The van der Waals surface area contributed by atoms with Gasteiger partial charge in [0, 0.05) is 56.1 Å². The molecule has 1 aliphatic heterocycles. The van der Waals surface area contributed by atoms with Crippen LogP contribution in [0.25, 0.3) is 11.1 Å². The Labute approximate surface area is 155 Å². The van der Waals surface area contributed by atoms with Crippen LogP contribution in [0.15, 0.2) is 29.3 Å². The maximum Gasteiger partial charge on any atom is 0.262 e. The van der Waals surface area contributed by atoms with Crippen LogP contribution >= 0.6 is 0 Å². The predicted molar refractivity (Wildman–Crippen MR) is 99.3 cm³/mol. The highest BCUT2D eigenvalue weighted by Crippen LogP contribution is 2.30. The quantitative estimate of drug-likeness (QED) is 0.763. The minimum atomic E-state index is -0.292. The first kappa shape index (κ1) is 17.3. The zero-order valence-electron chi connectivity index (χ0n) is 15.4. The summed E-state index contributed by atoms with van der Waals surface area (Å²) in [4.78, 5) is 17.1. The lowest BCUT2D eigenvalue weighted by Gasteiger charge is -2.13. The standard InChI is InChI=1S/C19H20FN5O2/c1-11-15(10-24(2)23-11)14-9-22-19(25(3)18(14)26)21-8-13-12-6-7-27-17(12)5-4-16(13)20/h4-5,9-10H,6-8H2,1-3H3,(H,21,22). The summed E-state index contributed by atoms with van der Waals surface area (Å²) < 4.78 is 22.9. The molecule has 0 atom stereocenters. The van der Waals surface area contributed by atoms with Gasteiger partial charge >= 0.3 is 0 Å². The number of hydrogen-bond acceptors (Lipinski definition) is 5. The molecule has 4 rings (SSSR count). The molecule has 0 amide bonds. The number of nitrogens with zero attached hydrogens (tertiary/aromatic N) is 4. The Morgan fingerprint density at radius 3 is 2.85 bits per heavy atom. The minimum Gasteiger partial charge on any atom is -0.493 e. The summed E-state index contributed by atoms with van der Waals surface area (Å²) in [5.74, 6) is 0.804. The second-order valence-electron chi connectivity index (χ2n) is 6.62. The zero-order chi connectivity index (χ0) is 19.1. The first-order chi connectivity index (χ1) is 13.0. The fourth-order valence-corrected chi connectivity index (χ4v) is 3.43. The summed E-state index contributed by atoms with van der Waals surface area (Å²) in [6.45, 7) is 2.63. The van der Waals surface area contributed by atoms with Crippen molar-refractivity contribution in [2.45, 2.75) is 19.9 Å². The van der Waals surface area contributed by atoms with Crippen molar-refractivity contribution >= 4 is 5.95 Å². The van der Waals surface area contributed by atoms with Crippen LogP contribution < -0.4 is 15.6 Å². The molecule has 0 saturated carbocycles. The highest BCUT2D eigenvalue weighted by Gasteiger charge is 2.20. The Bertz CT molecular complexity index is 1090. The van der Waals surface area contributed by atoms with Crippen molar-refractivity contribution in [2.75, 3.05) is 11.9 Å². The third kappa shape index (κ3) is 2.97. The molecule has 1 N–H and O–H groups in total. The van der Waals surface area contributed by atoms with Crippen molar-refractivity contribution in [1.29, 1.82) is 0 Å². The summed E-state index contributed by atoms with van der Waals surface area (Å²) >= 11 is 0. The van der Waals surface area contributed by atoms with E-state index in [1.807, 2.05) is 6.92 Å². The van der Waals surface area contributed by atoms with E-state index in [-0.39, 0.29) is 17.9 Å². The van der Waals surface area contributed by atoms with Gasteiger partial charge in [-0.3, -0.25) is 14.0 Å². The first-order valence-corrected chi connectivity index (χ1v) is 8.69. The van der Waals surface area contributed by atoms with Gasteiger partial charge in [-0.2, -0.15) is 5.10 Å². The summed E-state index contributed by atoms with van der Waals surface area (Å²) in [6.07, 6.45) is 4.00. The van der Waals surface area contributed by atoms with Crippen molar-refractivity contribution in [1.82, 2.24) is 19.3 Å². The van der Waals surface area contributed by atoms with Crippen LogP contribution in [-0.4, -0.2) is 25.9 Å². The smallest absolute Gasteiger partial charge is 0.262 e. The van der Waals surface area contributed by atoms with Crippen LogP contribution in [-0.2, 0) is 27.1 Å². The third-order valence-corrected chi connectivity index (χ3v) is 4.84. The molecule has 0 unspecified atom stereocenters. The molecule has 27 heavy (non-hydrogen) atoms. The predicted octanol–water partition coefficient (Wildman–Crippen LogP) is 2.18. The maximum absolute atomic E-state index is 14.3. The van der Waals surface area contributed by atoms with E-state index in [1.54, 1.807) is 31.0 Å². The monoisotopic (exact) mass is 369 g/mol. The third-order valence-electron chi connectivity index (χ3n) is 4.84. The summed E-state index contributed by atoms with van der Waals surface area (Å²) in [5.41, 5.74) is 3.22. The van der Waals surface area contributed by atoms with Gasteiger partial charge in [0.1, 0.15) is 11.6 Å². The van der Waals surface area contributed by atoms with Gasteiger partial charge in [-0.15, -0.1) is 0 Å². The van der Waals surface area contributed by atoms with E-state index in [9.17, 15) is 9.18 Å². The van der Waals surface area contributed by atoms with Crippen molar-refractivity contribution in [3.63, 3.8) is 0 Å². The Kier molecular flexibility index (Phi) is 4.18. The van der Waals surface area contributed by atoms with Crippen LogP contribution in [0.2, 0.25) is 0 Å². The average molecular weight is 369 g/mol. The Balaban J connectivity index is 1.63. The van der Waals surface area contributed by atoms with Crippen LogP contribution in [0.3, 0.4) is 0 Å². The molecule has 8 heteroatoms. The fraction of sp³-hybridized carbons (Fsp3) is 0.316. The lowest BCUT2D eigenvalue weighted by atomic mass is 10.0. The molecule has 3 heterocycles. The highest BCUT2D eigenvalue weighted by atomic mass is 19.1. The number of hydrogen-bond donors (Lipinski definition) is 1. The number of nitrogens with one attached hydrogen (secondary N) is 1. The largest absolute Gasteiger partial charge is 0.493 e. The minimum absolute atomic E-state index is 0.189. The molecular weight excluding hydrogens is 349 g/mol. The molecule has 0 spiro atoms. The molecule has 2 aromatic heterocycles. The SMILES string of the molecule is Cc1nn(C)cc1-c1cnc(NCc2c(F)ccc3c2CCO3)n(C)c1=O. The van der Waals surface area contributed by atoms with Crippen LogP contribution in [0.4, 0.5) is 10.3 Å². The fourth-order valence-electron chi connectivity index (χ4n) is 3.43. The number of ether oxygens (including phenoxy) is 1. The second-order valence-corrected chi connectivity index (χ2v) is 6.62. The van der Waals surface area contributed by atoms with E-state index < -0.39 is 0 Å². The molecule has 7 nitrogen and oxygen atoms in total. The van der Waals surface area contributed by atoms with E-state index in [0.717, 1.165) is 22.6 Å². The van der Waals surface area contributed by atoms with E-state index >= 15 is 0 Å². The Hall–Kier alpha value is -3.16. The van der Waals surface area contributed by atoms with Crippen molar-refractivity contribution in [2.24, 2.45) is 14.1 Å². The Morgan fingerprint density at radius 1 is 1.30 bits per heavy atom. The van der Waals surface area contributed by atoms with Gasteiger partial charge in [-0.05, 0) is 19.1 Å². The maximum atomic E-state index is 14.3. The molecule has 0 fully saturated rings. The second kappa shape index (κ2) is 6.53. The topological polar surface area (TPSA) is 74.0 Å². The highest BCUT2D eigenvalue weighted by molar-refractivity contribution is 5.63. The van der Waals surface area contributed by atoms with Crippen molar-refractivity contribution in [3.05, 3.63) is 57.5 Å². The molecule has 0 aliphatic carbocycles. The zero-order valence-corrected chi connectivity index (χ0v) is 15.4. The summed E-state index contributed by atoms with van der Waals surface area (Å²) in [6, 6.07) is 3.06. The molecule has 1 aliphatic rings. The number of fused-ring (bicyclic) bond motifs is 1. The Morgan fingerprint density at radius 2 is 2.11 bits per heavy atom. The molecule has 0 bridgehead atoms. The lowest BCUT2D eigenvalue weighted by molar-refractivity contribution is 0.356. The van der Waals surface area contributed by atoms with Crippen LogP contribution in [0, 0.1) is 12.7 Å². The van der Waals surface area contributed by atoms with Gasteiger partial charge < -0.3 is 10.1 Å². The number of rotatable bonds is 4. The number of benzene rings is 1. The van der Waals surface area contributed by atoms with Gasteiger partial charge in [-0.25, -0.2) is 9.37 Å². The number of aryl methyl sites for hydroxylation is 2. The van der Waals surface area contributed by atoms with Gasteiger partial charge in [0.2, 0.25) is 5.95 Å². The number of anilines is 1. The van der Waals surface area contributed by atoms with Crippen molar-refractivity contribution < 1.29 is 9.13 Å². The molecular formula is C19H20FN5O2. The first-order valence-electron chi connectivity index (χ1n) is 8.69. The molecule has 140 valence electrons.